The minimum Gasteiger partial charge on any atom is -0.507 e. The Bertz CT molecular complexity index is 1290. The molecule has 192 valence electrons. The first-order chi connectivity index (χ1) is 17.9. The highest BCUT2D eigenvalue weighted by atomic mass is 16.5. The van der Waals surface area contributed by atoms with Crippen molar-refractivity contribution in [3.8, 4) is 28.7 Å². The van der Waals surface area contributed by atoms with E-state index in [0.717, 1.165) is 11.1 Å². The van der Waals surface area contributed by atoms with Crippen molar-refractivity contribution in [2.24, 2.45) is 0 Å². The minimum absolute atomic E-state index is 0.0757. The molecule has 0 heterocycles. The molecular weight excluding hydrogens is 472 g/mol. The van der Waals surface area contributed by atoms with Gasteiger partial charge in [-0.1, -0.05) is 66.7 Å². The van der Waals surface area contributed by atoms with Gasteiger partial charge in [0, 0.05) is 24.1 Å². The molecule has 0 radical (unpaired) electrons. The predicted octanol–water partition coefficient (Wildman–Crippen LogP) is 4.90. The van der Waals surface area contributed by atoms with Gasteiger partial charge in [-0.05, 0) is 28.8 Å². The van der Waals surface area contributed by atoms with Crippen LogP contribution in [0.2, 0.25) is 0 Å². The smallest absolute Gasteiger partial charge is 0.160 e. The second kappa shape index (κ2) is 12.2. The molecule has 4 N–H and O–H groups in total. The molecule has 0 saturated heterocycles. The summed E-state index contributed by atoms with van der Waals surface area (Å²) in [4.78, 5) is 0. The molecule has 0 aliphatic heterocycles. The lowest BCUT2D eigenvalue weighted by Crippen LogP contribution is -2.21. The third-order valence-electron chi connectivity index (χ3n) is 5.97. The fraction of sp³-hybridized carbons (Fsp3) is 0.200. The third kappa shape index (κ3) is 6.73. The molecule has 0 bridgehead atoms. The molecule has 7 nitrogen and oxygen atoms in total. The Labute approximate surface area is 215 Å². The number of hydrogen-bond acceptors (Lipinski definition) is 7. The lowest BCUT2D eigenvalue weighted by atomic mass is 9.97. The van der Waals surface area contributed by atoms with E-state index < -0.39 is 12.2 Å². The van der Waals surface area contributed by atoms with Gasteiger partial charge in [0.1, 0.15) is 36.6 Å². The summed E-state index contributed by atoms with van der Waals surface area (Å²) in [6.07, 6.45) is -2.68. The highest BCUT2D eigenvalue weighted by molar-refractivity contribution is 5.51. The van der Waals surface area contributed by atoms with Crippen LogP contribution in [0.1, 0.15) is 28.4 Å². The molecule has 7 heteroatoms. The Morgan fingerprint density at radius 2 is 1.30 bits per heavy atom. The van der Waals surface area contributed by atoms with Crippen LogP contribution in [0.5, 0.6) is 28.7 Å². The molecule has 0 amide bonds. The summed E-state index contributed by atoms with van der Waals surface area (Å²) in [5, 5.41) is 42.4. The molecule has 0 aromatic heterocycles. The van der Waals surface area contributed by atoms with E-state index in [1.165, 1.54) is 31.4 Å². The van der Waals surface area contributed by atoms with Gasteiger partial charge in [-0.2, -0.15) is 0 Å². The van der Waals surface area contributed by atoms with Crippen molar-refractivity contribution in [1.82, 2.24) is 0 Å². The van der Waals surface area contributed by atoms with Gasteiger partial charge in [0.15, 0.2) is 11.5 Å². The lowest BCUT2D eigenvalue weighted by Gasteiger charge is -2.22. The van der Waals surface area contributed by atoms with E-state index >= 15 is 0 Å². The first-order valence-electron chi connectivity index (χ1n) is 11.9. The van der Waals surface area contributed by atoms with Crippen molar-refractivity contribution in [2.45, 2.75) is 31.8 Å². The van der Waals surface area contributed by atoms with Gasteiger partial charge in [-0.25, -0.2) is 0 Å². The van der Waals surface area contributed by atoms with Gasteiger partial charge >= 0.3 is 0 Å². The molecule has 4 rings (SSSR count). The summed E-state index contributed by atoms with van der Waals surface area (Å²) < 4.78 is 17.0. The summed E-state index contributed by atoms with van der Waals surface area (Å²) in [5.74, 6) is 0.725. The third-order valence-corrected chi connectivity index (χ3v) is 5.97. The molecule has 0 aliphatic rings. The van der Waals surface area contributed by atoms with Gasteiger partial charge in [-0.15, -0.1) is 0 Å². The van der Waals surface area contributed by atoms with Crippen molar-refractivity contribution < 1.29 is 34.6 Å². The molecule has 0 aliphatic carbocycles. The second-order valence-electron chi connectivity index (χ2n) is 8.62. The Morgan fingerprint density at radius 3 is 1.92 bits per heavy atom. The summed E-state index contributed by atoms with van der Waals surface area (Å²) in [7, 11) is 1.40. The Kier molecular flexibility index (Phi) is 8.51. The van der Waals surface area contributed by atoms with Crippen LogP contribution in [-0.2, 0) is 19.6 Å². The Balaban J connectivity index is 1.57. The number of aromatic hydroxyl groups is 2. The molecule has 4 aromatic carbocycles. The molecular formula is C30H30O7. The van der Waals surface area contributed by atoms with E-state index in [9.17, 15) is 20.4 Å². The number of phenols is 2. The largest absolute Gasteiger partial charge is 0.507 e. The highest BCUT2D eigenvalue weighted by Crippen LogP contribution is 2.37. The van der Waals surface area contributed by atoms with Crippen LogP contribution in [0.4, 0.5) is 0 Å². The second-order valence-corrected chi connectivity index (χ2v) is 8.62. The van der Waals surface area contributed by atoms with Crippen molar-refractivity contribution in [3.05, 3.63) is 113 Å². The number of methoxy groups -OCH3 is 1. The normalized spacial score (nSPS) is 12.5. The fourth-order valence-corrected chi connectivity index (χ4v) is 3.92. The maximum absolute atomic E-state index is 10.9. The maximum atomic E-state index is 10.9. The number of hydrogen-bond donors (Lipinski definition) is 4. The maximum Gasteiger partial charge on any atom is 0.160 e. The number of benzene rings is 4. The molecule has 2 atom stereocenters. The Hall–Kier alpha value is -4.20. The average Bonchev–Trinajstić information content (AvgIpc) is 2.93. The number of ether oxygens (including phenoxy) is 3. The minimum atomic E-state index is -1.30. The first-order valence-corrected chi connectivity index (χ1v) is 11.9. The van der Waals surface area contributed by atoms with Crippen molar-refractivity contribution in [3.63, 3.8) is 0 Å². The quantitative estimate of drug-likeness (QED) is 0.231. The number of aliphatic hydroxyl groups is 2. The number of aliphatic hydroxyl groups excluding tert-OH is 2. The van der Waals surface area contributed by atoms with Crippen LogP contribution in [0.25, 0.3) is 0 Å². The number of rotatable bonds is 11. The zero-order valence-corrected chi connectivity index (χ0v) is 20.4. The average molecular weight is 503 g/mol. The van der Waals surface area contributed by atoms with Crippen LogP contribution in [-0.4, -0.2) is 33.6 Å². The molecule has 37 heavy (non-hydrogen) atoms. The summed E-state index contributed by atoms with van der Waals surface area (Å²) in [6.45, 7) is 0.547. The van der Waals surface area contributed by atoms with E-state index in [1.807, 2.05) is 60.7 Å². The first kappa shape index (κ1) is 25.9. The van der Waals surface area contributed by atoms with Crippen LogP contribution >= 0.6 is 0 Å². The molecule has 0 unspecified atom stereocenters. The van der Waals surface area contributed by atoms with Gasteiger partial charge in [0.05, 0.1) is 13.2 Å². The molecule has 0 saturated carbocycles. The standard InChI is InChI=1S/C30H30O7/c1-35-29-14-22(12-13-25(29)31)30(34)27(33)17-24-26(32)15-23(36-18-20-8-4-2-5-9-20)16-28(24)37-19-21-10-6-3-7-11-21/h2-16,27,30-34H,17-19H2,1H3/t27-,30-/m0/s1. The van der Waals surface area contributed by atoms with Gasteiger partial charge in [-0.3, -0.25) is 0 Å². The van der Waals surface area contributed by atoms with Crippen LogP contribution in [0, 0.1) is 0 Å². The number of phenolic OH excluding ortho intramolecular Hbond substituents is 2. The predicted molar refractivity (Wildman–Crippen MR) is 139 cm³/mol. The van der Waals surface area contributed by atoms with Gasteiger partial charge in [0.25, 0.3) is 0 Å². The summed E-state index contributed by atoms with van der Waals surface area (Å²) in [6, 6.07) is 26.7. The highest BCUT2D eigenvalue weighted by Gasteiger charge is 2.24. The topological polar surface area (TPSA) is 109 Å². The SMILES string of the molecule is COc1cc([C@H](O)[C@@H](O)Cc2c(O)cc(OCc3ccccc3)cc2OCc2ccccc2)ccc1O. The lowest BCUT2D eigenvalue weighted by molar-refractivity contribution is 0.0181. The zero-order valence-electron chi connectivity index (χ0n) is 20.4. The van der Waals surface area contributed by atoms with E-state index in [1.54, 1.807) is 6.07 Å². The van der Waals surface area contributed by atoms with E-state index in [2.05, 4.69) is 0 Å². The molecule has 0 fully saturated rings. The zero-order chi connectivity index (χ0) is 26.2. The van der Waals surface area contributed by atoms with Crippen LogP contribution in [0.3, 0.4) is 0 Å². The van der Waals surface area contributed by atoms with Crippen molar-refractivity contribution in [1.29, 1.82) is 0 Å². The van der Waals surface area contributed by atoms with Crippen LogP contribution in [0.15, 0.2) is 91.0 Å². The van der Waals surface area contributed by atoms with Crippen molar-refractivity contribution >= 4 is 0 Å². The molecule has 4 aromatic rings. The van der Waals surface area contributed by atoms with Gasteiger partial charge in [0.2, 0.25) is 0 Å². The van der Waals surface area contributed by atoms with E-state index in [-0.39, 0.29) is 30.3 Å². The van der Waals surface area contributed by atoms with E-state index in [0.29, 0.717) is 29.2 Å². The van der Waals surface area contributed by atoms with Gasteiger partial charge < -0.3 is 34.6 Å². The fourth-order valence-electron chi connectivity index (χ4n) is 3.92. The summed E-state index contributed by atoms with van der Waals surface area (Å²) in [5.41, 5.74) is 2.59. The molecule has 0 spiro atoms. The van der Waals surface area contributed by atoms with E-state index in [4.69, 9.17) is 14.2 Å². The summed E-state index contributed by atoms with van der Waals surface area (Å²) >= 11 is 0. The Morgan fingerprint density at radius 1 is 0.676 bits per heavy atom. The van der Waals surface area contributed by atoms with Crippen LogP contribution < -0.4 is 14.2 Å². The monoisotopic (exact) mass is 502 g/mol. The van der Waals surface area contributed by atoms with Crippen molar-refractivity contribution in [2.75, 3.05) is 7.11 Å².